The topological polar surface area (TPSA) is 69.4 Å². The fourth-order valence-corrected chi connectivity index (χ4v) is 5.82. The van der Waals surface area contributed by atoms with Crippen molar-refractivity contribution in [1.82, 2.24) is 0 Å². The Morgan fingerprint density at radius 1 is 0.806 bits per heavy atom. The molecule has 0 radical (unpaired) electrons. The monoisotopic (exact) mass is 447 g/mol. The number of benzene rings is 4. The first-order valence-electron chi connectivity index (χ1n) is 9.71. The van der Waals surface area contributed by atoms with Gasteiger partial charge in [-0.2, -0.15) is 0 Å². The molecule has 4 aromatic rings. The lowest BCUT2D eigenvalue weighted by Crippen LogP contribution is -2.26. The van der Waals surface area contributed by atoms with Crippen molar-refractivity contribution in [2.75, 3.05) is 0 Å². The zero-order valence-corrected chi connectivity index (χ0v) is 17.9. The SMILES string of the molecule is NC1=C(S(=O)(=O)c2ccccc2)C(c2ccc(Cl)cc2)c2ccc3ccccc3c2O1. The summed E-state index contributed by atoms with van der Waals surface area (Å²) in [5, 5.41) is 2.43. The molecule has 4 aromatic carbocycles. The molecule has 0 saturated carbocycles. The Kier molecular flexibility index (Phi) is 4.73. The van der Waals surface area contributed by atoms with Gasteiger partial charge in [0.15, 0.2) is 0 Å². The van der Waals surface area contributed by atoms with Crippen molar-refractivity contribution in [3.05, 3.63) is 118 Å². The fraction of sp³-hybridized carbons (Fsp3) is 0.0400. The third kappa shape index (κ3) is 3.26. The van der Waals surface area contributed by atoms with Crippen LogP contribution >= 0.6 is 11.6 Å². The predicted molar refractivity (Wildman–Crippen MR) is 123 cm³/mol. The summed E-state index contributed by atoms with van der Waals surface area (Å²) in [6, 6.07) is 27.1. The molecule has 2 N–H and O–H groups in total. The van der Waals surface area contributed by atoms with Crippen LogP contribution in [0.1, 0.15) is 17.0 Å². The van der Waals surface area contributed by atoms with Gasteiger partial charge in [-0.1, -0.05) is 78.3 Å². The van der Waals surface area contributed by atoms with Crippen LogP contribution in [0.15, 0.2) is 107 Å². The van der Waals surface area contributed by atoms with Crippen molar-refractivity contribution in [2.45, 2.75) is 10.8 Å². The Morgan fingerprint density at radius 3 is 2.23 bits per heavy atom. The third-order valence-electron chi connectivity index (χ3n) is 5.48. The lowest BCUT2D eigenvalue weighted by atomic mass is 9.87. The van der Waals surface area contributed by atoms with Crippen LogP contribution in [0.2, 0.25) is 5.02 Å². The van der Waals surface area contributed by atoms with E-state index in [-0.39, 0.29) is 15.7 Å². The van der Waals surface area contributed by atoms with Gasteiger partial charge in [0.2, 0.25) is 15.7 Å². The van der Waals surface area contributed by atoms with Gasteiger partial charge in [0.05, 0.1) is 10.8 Å². The zero-order valence-electron chi connectivity index (χ0n) is 16.3. The number of ether oxygens (including phenoxy) is 1. The van der Waals surface area contributed by atoms with Gasteiger partial charge in [-0.05, 0) is 35.2 Å². The number of fused-ring (bicyclic) bond motifs is 3. The van der Waals surface area contributed by atoms with Crippen LogP contribution in [0.4, 0.5) is 0 Å². The molecule has 1 aliphatic heterocycles. The maximum Gasteiger partial charge on any atom is 0.208 e. The summed E-state index contributed by atoms with van der Waals surface area (Å²) in [7, 11) is -3.92. The summed E-state index contributed by atoms with van der Waals surface area (Å²) in [6.07, 6.45) is 0. The van der Waals surface area contributed by atoms with Gasteiger partial charge in [0.1, 0.15) is 10.7 Å². The zero-order chi connectivity index (χ0) is 21.6. The first-order valence-corrected chi connectivity index (χ1v) is 11.6. The normalized spacial score (nSPS) is 16.1. The van der Waals surface area contributed by atoms with Crippen molar-refractivity contribution in [3.8, 4) is 5.75 Å². The quantitative estimate of drug-likeness (QED) is 0.442. The van der Waals surface area contributed by atoms with E-state index in [4.69, 9.17) is 22.1 Å². The van der Waals surface area contributed by atoms with Crippen LogP contribution in [0, 0.1) is 0 Å². The van der Waals surface area contributed by atoms with E-state index < -0.39 is 15.8 Å². The predicted octanol–water partition coefficient (Wildman–Crippen LogP) is 5.62. The van der Waals surface area contributed by atoms with Crippen LogP contribution in [0.3, 0.4) is 0 Å². The standard InChI is InChI=1S/C25H18ClNO3S/c26-18-13-10-17(11-14-18)22-21-15-12-16-6-4-5-9-20(16)23(21)30-25(27)24(22)31(28,29)19-7-2-1-3-8-19/h1-15,22H,27H2. The third-order valence-corrected chi connectivity index (χ3v) is 7.65. The van der Waals surface area contributed by atoms with Crippen LogP contribution in [0.5, 0.6) is 5.75 Å². The van der Waals surface area contributed by atoms with Crippen LogP contribution < -0.4 is 10.5 Å². The van der Waals surface area contributed by atoms with Crippen molar-refractivity contribution < 1.29 is 13.2 Å². The van der Waals surface area contributed by atoms with E-state index >= 15 is 0 Å². The Morgan fingerprint density at radius 2 is 1.48 bits per heavy atom. The van der Waals surface area contributed by atoms with E-state index in [1.165, 1.54) is 0 Å². The molecule has 5 rings (SSSR count). The largest absolute Gasteiger partial charge is 0.440 e. The van der Waals surface area contributed by atoms with E-state index in [9.17, 15) is 8.42 Å². The van der Waals surface area contributed by atoms with Gasteiger partial charge in [0.25, 0.3) is 0 Å². The molecule has 6 heteroatoms. The molecule has 4 nitrogen and oxygen atoms in total. The maximum atomic E-state index is 13.7. The number of nitrogens with two attached hydrogens (primary N) is 1. The number of hydrogen-bond donors (Lipinski definition) is 1. The summed E-state index contributed by atoms with van der Waals surface area (Å²) >= 11 is 6.10. The number of allylic oxidation sites excluding steroid dienone is 1. The highest BCUT2D eigenvalue weighted by Gasteiger charge is 2.39. The summed E-state index contributed by atoms with van der Waals surface area (Å²) in [4.78, 5) is 0.198. The minimum atomic E-state index is -3.92. The minimum Gasteiger partial charge on any atom is -0.440 e. The highest BCUT2D eigenvalue weighted by atomic mass is 35.5. The molecule has 31 heavy (non-hydrogen) atoms. The second-order valence-electron chi connectivity index (χ2n) is 7.34. The Bertz CT molecular complexity index is 1430. The molecule has 0 aliphatic carbocycles. The molecule has 0 amide bonds. The molecular weight excluding hydrogens is 430 g/mol. The molecule has 0 bridgehead atoms. The van der Waals surface area contributed by atoms with Crippen LogP contribution in [0.25, 0.3) is 10.8 Å². The van der Waals surface area contributed by atoms with Gasteiger partial charge in [-0.25, -0.2) is 8.42 Å². The Hall–Kier alpha value is -3.28. The molecular formula is C25H18ClNO3S. The average molecular weight is 448 g/mol. The van der Waals surface area contributed by atoms with Gasteiger partial charge >= 0.3 is 0 Å². The second kappa shape index (κ2) is 7.45. The average Bonchev–Trinajstić information content (AvgIpc) is 2.79. The smallest absolute Gasteiger partial charge is 0.208 e. The van der Waals surface area contributed by atoms with Crippen molar-refractivity contribution in [3.63, 3.8) is 0 Å². The van der Waals surface area contributed by atoms with Crippen molar-refractivity contribution >= 4 is 32.2 Å². The van der Waals surface area contributed by atoms with Gasteiger partial charge < -0.3 is 10.5 Å². The van der Waals surface area contributed by atoms with Gasteiger partial charge in [0, 0.05) is 16.0 Å². The Balaban J connectivity index is 1.81. The molecule has 0 spiro atoms. The molecule has 154 valence electrons. The lowest BCUT2D eigenvalue weighted by molar-refractivity contribution is 0.399. The van der Waals surface area contributed by atoms with Crippen molar-refractivity contribution in [1.29, 1.82) is 0 Å². The molecule has 1 unspecified atom stereocenters. The summed E-state index contributed by atoms with van der Waals surface area (Å²) in [5.74, 6) is -0.175. The molecule has 1 aliphatic rings. The number of hydrogen-bond acceptors (Lipinski definition) is 4. The van der Waals surface area contributed by atoms with E-state index in [0.29, 0.717) is 10.8 Å². The minimum absolute atomic E-state index is 0.0313. The molecule has 0 fully saturated rings. The highest BCUT2D eigenvalue weighted by Crippen LogP contribution is 2.48. The number of rotatable bonds is 3. The van der Waals surface area contributed by atoms with E-state index in [0.717, 1.165) is 21.9 Å². The van der Waals surface area contributed by atoms with Crippen LogP contribution in [-0.4, -0.2) is 8.42 Å². The Labute approximate surface area is 185 Å². The van der Waals surface area contributed by atoms with Gasteiger partial charge in [-0.3, -0.25) is 0 Å². The first-order chi connectivity index (χ1) is 15.0. The molecule has 1 atom stereocenters. The second-order valence-corrected chi connectivity index (χ2v) is 9.69. The van der Waals surface area contributed by atoms with E-state index in [1.807, 2.05) is 48.5 Å². The van der Waals surface area contributed by atoms with Gasteiger partial charge in [-0.15, -0.1) is 0 Å². The summed E-state index contributed by atoms with van der Waals surface area (Å²) in [6.45, 7) is 0. The lowest BCUT2D eigenvalue weighted by Gasteiger charge is -2.30. The van der Waals surface area contributed by atoms with Crippen molar-refractivity contribution in [2.24, 2.45) is 5.73 Å². The van der Waals surface area contributed by atoms with E-state index in [2.05, 4.69) is 0 Å². The maximum absolute atomic E-state index is 13.7. The molecule has 1 heterocycles. The number of sulfone groups is 1. The molecule has 0 saturated heterocycles. The van der Waals surface area contributed by atoms with E-state index in [1.54, 1.807) is 42.5 Å². The highest BCUT2D eigenvalue weighted by molar-refractivity contribution is 7.95. The number of halogens is 1. The first kappa shape index (κ1) is 19.7. The van der Waals surface area contributed by atoms with Crippen LogP contribution in [-0.2, 0) is 9.84 Å². The molecule has 0 aromatic heterocycles. The fourth-order valence-electron chi connectivity index (χ4n) is 4.05. The summed E-state index contributed by atoms with van der Waals surface area (Å²) < 4.78 is 33.3. The summed E-state index contributed by atoms with van der Waals surface area (Å²) in [5.41, 5.74) is 7.82.